The van der Waals surface area contributed by atoms with Crippen LogP contribution >= 0.6 is 0 Å². The lowest BCUT2D eigenvalue weighted by atomic mass is 9.82. The molecule has 1 aromatic heterocycles. The van der Waals surface area contributed by atoms with Crippen LogP contribution in [0.5, 0.6) is 5.75 Å². The Hall–Kier alpha value is -4.70. The van der Waals surface area contributed by atoms with Crippen LogP contribution in [-0.2, 0) is 32.9 Å². The van der Waals surface area contributed by atoms with Crippen molar-refractivity contribution in [3.05, 3.63) is 120 Å². The molecule has 5 aromatic rings. The summed E-state index contributed by atoms with van der Waals surface area (Å²) in [6.45, 7) is 7.13. The number of aromatic nitrogens is 1. The van der Waals surface area contributed by atoms with E-state index in [1.807, 2.05) is 96.0 Å². The third-order valence-electron chi connectivity index (χ3n) is 10.7. The molecule has 9 heteroatoms. The number of ether oxygens (including phenoxy) is 2. The van der Waals surface area contributed by atoms with Crippen LogP contribution in [0.1, 0.15) is 30.0 Å². The fourth-order valence-electron chi connectivity index (χ4n) is 8.37. The zero-order valence-electron chi connectivity index (χ0n) is 28.4. The van der Waals surface area contributed by atoms with Crippen LogP contribution in [0.15, 0.2) is 103 Å². The minimum absolute atomic E-state index is 0.0154. The zero-order chi connectivity index (χ0) is 34.3. The van der Waals surface area contributed by atoms with E-state index >= 15 is 0 Å². The number of rotatable bonds is 10. The van der Waals surface area contributed by atoms with E-state index in [1.165, 1.54) is 5.19 Å². The summed E-state index contributed by atoms with van der Waals surface area (Å²) in [4.78, 5) is 33.5. The summed E-state index contributed by atoms with van der Waals surface area (Å²) in [5, 5.41) is 15.6. The van der Waals surface area contributed by atoms with Gasteiger partial charge in [-0.1, -0.05) is 85.9 Å². The van der Waals surface area contributed by atoms with Crippen LogP contribution in [0.4, 0.5) is 11.4 Å². The number of nitrogens with one attached hydrogen (secondary N) is 2. The Bertz CT molecular complexity index is 1990. The molecule has 1 saturated heterocycles. The lowest BCUT2D eigenvalue weighted by Crippen LogP contribution is -2.51. The molecule has 8 nitrogen and oxygen atoms in total. The van der Waals surface area contributed by atoms with Gasteiger partial charge in [0.2, 0.25) is 5.91 Å². The molecule has 252 valence electrons. The minimum Gasteiger partial charge on any atom is -0.497 e. The topological polar surface area (TPSA) is 104 Å². The van der Waals surface area contributed by atoms with E-state index in [0.717, 1.165) is 39.0 Å². The van der Waals surface area contributed by atoms with Crippen molar-refractivity contribution in [2.24, 2.45) is 5.92 Å². The first-order chi connectivity index (χ1) is 23.7. The average molecular weight is 674 g/mol. The Labute approximate surface area is 288 Å². The number of fused-ring (bicyclic) bond motifs is 3. The van der Waals surface area contributed by atoms with E-state index in [0.29, 0.717) is 18.7 Å². The molecule has 2 aliphatic rings. The smallest absolute Gasteiger partial charge is 0.264 e. The van der Waals surface area contributed by atoms with Gasteiger partial charge in [0.05, 0.1) is 39.9 Å². The molecule has 0 bridgehead atoms. The minimum atomic E-state index is -2.32. The van der Waals surface area contributed by atoms with Crippen LogP contribution in [0.3, 0.4) is 0 Å². The molecule has 4 atom stereocenters. The van der Waals surface area contributed by atoms with Crippen molar-refractivity contribution < 1.29 is 24.2 Å². The highest BCUT2D eigenvalue weighted by Crippen LogP contribution is 2.60. The number of aliphatic hydroxyl groups is 1. The first-order valence-corrected chi connectivity index (χ1v) is 20.0. The predicted molar refractivity (Wildman–Crippen MR) is 196 cm³/mol. The average Bonchev–Trinajstić information content (AvgIpc) is 3.72. The molecule has 0 saturated carbocycles. The monoisotopic (exact) mass is 673 g/mol. The normalized spacial score (nSPS) is 21.8. The summed E-state index contributed by atoms with van der Waals surface area (Å²) in [5.74, 6) is 0.333. The number of aliphatic hydroxyl groups excluding tert-OH is 1. The number of hydrogen-bond acceptors (Lipinski definition) is 5. The van der Waals surface area contributed by atoms with Crippen molar-refractivity contribution in [1.82, 2.24) is 4.98 Å². The van der Waals surface area contributed by atoms with Gasteiger partial charge in [-0.2, -0.15) is 0 Å². The second kappa shape index (κ2) is 13.0. The van der Waals surface area contributed by atoms with Gasteiger partial charge in [-0.3, -0.25) is 9.59 Å². The van der Waals surface area contributed by atoms with E-state index in [1.54, 1.807) is 7.11 Å². The van der Waals surface area contributed by atoms with Gasteiger partial charge in [-0.15, -0.1) is 0 Å². The number of carbonyl (C=O) groups excluding carboxylic acids is 2. The maximum Gasteiger partial charge on any atom is 0.264 e. The molecule has 3 heterocycles. The Morgan fingerprint density at radius 2 is 1.76 bits per heavy atom. The Morgan fingerprint density at radius 3 is 2.49 bits per heavy atom. The first-order valence-electron chi connectivity index (χ1n) is 17.0. The van der Waals surface area contributed by atoms with Crippen molar-refractivity contribution in [3.63, 3.8) is 0 Å². The summed E-state index contributed by atoms with van der Waals surface area (Å²) in [7, 11) is -0.659. The molecule has 49 heavy (non-hydrogen) atoms. The molecule has 1 fully saturated rings. The van der Waals surface area contributed by atoms with Crippen molar-refractivity contribution >= 4 is 47.4 Å². The van der Waals surface area contributed by atoms with Crippen LogP contribution in [-0.4, -0.2) is 49.8 Å². The second-order valence-electron chi connectivity index (χ2n) is 13.9. The molecule has 3 N–H and O–H groups in total. The number of hydrogen-bond donors (Lipinski definition) is 3. The predicted octanol–water partition coefficient (Wildman–Crippen LogP) is 6.50. The van der Waals surface area contributed by atoms with Crippen molar-refractivity contribution in [1.29, 1.82) is 0 Å². The molecule has 0 radical (unpaired) electrons. The first kappa shape index (κ1) is 32.8. The summed E-state index contributed by atoms with van der Waals surface area (Å²) < 4.78 is 12.5. The molecule has 4 aromatic carbocycles. The van der Waals surface area contributed by atoms with Crippen LogP contribution < -0.4 is 20.1 Å². The van der Waals surface area contributed by atoms with E-state index in [-0.39, 0.29) is 42.4 Å². The lowest BCUT2D eigenvalue weighted by molar-refractivity contribution is -0.146. The number of benzene rings is 4. The molecule has 1 spiro atoms. The van der Waals surface area contributed by atoms with Gasteiger partial charge in [-0.05, 0) is 59.5 Å². The number of nitrogens with zero attached hydrogens (tertiary/aromatic N) is 1. The van der Waals surface area contributed by atoms with Gasteiger partial charge in [-0.25, -0.2) is 0 Å². The lowest BCUT2D eigenvalue weighted by Gasteiger charge is -2.37. The van der Waals surface area contributed by atoms with E-state index < -0.39 is 13.7 Å². The van der Waals surface area contributed by atoms with Crippen molar-refractivity contribution in [3.8, 4) is 5.75 Å². The summed E-state index contributed by atoms with van der Waals surface area (Å²) in [5.41, 5.74) is 3.81. The Kier molecular flexibility index (Phi) is 8.68. The van der Waals surface area contributed by atoms with Gasteiger partial charge in [0.15, 0.2) is 5.60 Å². The largest absolute Gasteiger partial charge is 0.497 e. The van der Waals surface area contributed by atoms with E-state index in [2.05, 4.69) is 42.5 Å². The quantitative estimate of drug-likeness (QED) is 0.147. The highest BCUT2D eigenvalue weighted by molar-refractivity contribution is 6.91. The number of para-hydroxylation sites is 1. The number of carbonyl (C=O) groups is 2. The SMILES string of the molecule is COc1ccc([Si](C)(C)[C@@H]2[C@@H](CCO)O[C@]3(C(=O)N(Cc4ccccc4)c4ccc(NC(=O)Cc5c[nH]c6ccccc56)cc43)[C@H]2C)cc1. The van der Waals surface area contributed by atoms with Crippen LogP contribution in [0.2, 0.25) is 18.6 Å². The van der Waals surface area contributed by atoms with E-state index in [9.17, 15) is 14.7 Å². The third-order valence-corrected chi connectivity index (χ3v) is 15.1. The van der Waals surface area contributed by atoms with Gasteiger partial charge in [0.1, 0.15) is 5.75 Å². The maximum absolute atomic E-state index is 15.0. The van der Waals surface area contributed by atoms with Crippen LogP contribution in [0.25, 0.3) is 10.9 Å². The number of aromatic amines is 1. The second-order valence-corrected chi connectivity index (χ2v) is 18.5. The molecular weight excluding hydrogens is 631 g/mol. The summed E-state index contributed by atoms with van der Waals surface area (Å²) in [6, 6.07) is 31.9. The highest BCUT2D eigenvalue weighted by atomic mass is 28.3. The van der Waals surface area contributed by atoms with Crippen molar-refractivity contribution in [2.75, 3.05) is 23.9 Å². The molecular formula is C40H43N3O5Si. The van der Waals surface area contributed by atoms with Gasteiger partial charge in [0, 0.05) is 40.9 Å². The van der Waals surface area contributed by atoms with Gasteiger partial charge < -0.3 is 29.8 Å². The maximum atomic E-state index is 15.0. The fourth-order valence-corrected chi connectivity index (χ4v) is 12.4. The zero-order valence-corrected chi connectivity index (χ0v) is 29.4. The number of amides is 2. The number of H-pyrrole nitrogens is 1. The summed E-state index contributed by atoms with van der Waals surface area (Å²) >= 11 is 0. The van der Waals surface area contributed by atoms with Gasteiger partial charge >= 0.3 is 0 Å². The van der Waals surface area contributed by atoms with Gasteiger partial charge in [0.25, 0.3) is 5.91 Å². The third kappa shape index (κ3) is 5.65. The highest BCUT2D eigenvalue weighted by Gasteiger charge is 2.66. The Balaban J connectivity index is 1.27. The molecule has 0 aliphatic carbocycles. The number of methoxy groups -OCH3 is 1. The van der Waals surface area contributed by atoms with Crippen molar-refractivity contribution in [2.45, 2.75) is 56.7 Å². The fraction of sp³-hybridized carbons (Fsp3) is 0.300. The standard InChI is InChI=1S/C40H43N3O5Si/c1-26-38(49(3,4)31-17-15-30(47-2)16-18-31)36(20-21-44)48-40(26)33-23-29(42-37(45)22-28-24-41-34-13-9-8-12-32(28)34)14-19-35(33)43(39(40)46)25-27-10-6-5-7-11-27/h5-19,23-24,26,36,38,41,44H,20-22,25H2,1-4H3,(H,42,45)/t26-,36+,38-,40+/m0/s1. The number of anilines is 2. The molecule has 2 aliphatic heterocycles. The molecule has 0 unspecified atom stereocenters. The molecule has 2 amide bonds. The Morgan fingerprint density at radius 1 is 1.02 bits per heavy atom. The van der Waals surface area contributed by atoms with Crippen LogP contribution in [0, 0.1) is 5.92 Å². The van der Waals surface area contributed by atoms with E-state index in [4.69, 9.17) is 9.47 Å². The summed E-state index contributed by atoms with van der Waals surface area (Å²) in [6.07, 6.45) is 2.18. The molecule has 7 rings (SSSR count).